The van der Waals surface area contributed by atoms with E-state index in [1.54, 1.807) is 24.4 Å². The largest absolute Gasteiger partial charge is 0.493 e. The quantitative estimate of drug-likeness (QED) is 0.124. The van der Waals surface area contributed by atoms with Crippen LogP contribution in [0.5, 0.6) is 17.2 Å². The molecule has 2 unspecified atom stereocenters. The molecule has 2 aliphatic heterocycles. The number of carboxylic acids is 1. The number of nitriles is 1. The Morgan fingerprint density at radius 1 is 0.942 bits per heavy atom. The lowest BCUT2D eigenvalue weighted by atomic mass is 9.96. The summed E-state index contributed by atoms with van der Waals surface area (Å²) in [4.78, 5) is 20.4. The Hall–Kier alpha value is -4.66. The number of aliphatic hydroxyl groups is 1. The summed E-state index contributed by atoms with van der Waals surface area (Å²) < 4.78 is 18.9. The van der Waals surface area contributed by atoms with E-state index in [-0.39, 0.29) is 19.3 Å². The second-order valence-electron chi connectivity index (χ2n) is 13.5. The van der Waals surface area contributed by atoms with Gasteiger partial charge in [-0.2, -0.15) is 5.26 Å². The van der Waals surface area contributed by atoms with Crippen LogP contribution in [0.2, 0.25) is 5.02 Å². The van der Waals surface area contributed by atoms with Crippen LogP contribution in [0, 0.1) is 18.3 Å². The number of piperidine rings is 1. The number of ether oxygens (including phenoxy) is 3. The molecule has 3 heterocycles. The number of β-amino-alcohol motifs (C(OH)–C–C–N with tert-alkyl or cyclic N) is 1. The van der Waals surface area contributed by atoms with Crippen molar-refractivity contribution in [2.75, 3.05) is 32.8 Å². The zero-order chi connectivity index (χ0) is 36.5. The van der Waals surface area contributed by atoms with Crippen LogP contribution in [0.3, 0.4) is 0 Å². The molecule has 2 N–H and O–H groups in total. The summed E-state index contributed by atoms with van der Waals surface area (Å²) in [5, 5.41) is 29.4. The van der Waals surface area contributed by atoms with Crippen LogP contribution >= 0.6 is 11.6 Å². The Labute approximate surface area is 310 Å². The summed E-state index contributed by atoms with van der Waals surface area (Å²) in [5.41, 5.74) is 6.01. The van der Waals surface area contributed by atoms with Crippen molar-refractivity contribution in [3.8, 4) is 34.4 Å². The highest BCUT2D eigenvalue weighted by atomic mass is 35.5. The van der Waals surface area contributed by atoms with Crippen LogP contribution in [0.1, 0.15) is 59.9 Å². The topological polar surface area (TPSA) is 128 Å². The van der Waals surface area contributed by atoms with Crippen LogP contribution in [0.25, 0.3) is 11.1 Å². The second-order valence-corrected chi connectivity index (χ2v) is 13.9. The minimum atomic E-state index is -0.835. The van der Waals surface area contributed by atoms with Gasteiger partial charge in [-0.05, 0) is 74.0 Å². The van der Waals surface area contributed by atoms with E-state index in [0.717, 1.165) is 84.4 Å². The van der Waals surface area contributed by atoms with E-state index in [9.17, 15) is 20.3 Å². The van der Waals surface area contributed by atoms with E-state index in [1.807, 2.05) is 35.2 Å². The van der Waals surface area contributed by atoms with Gasteiger partial charge in [-0.3, -0.25) is 14.7 Å². The number of hydrogen-bond acceptors (Lipinski definition) is 9. The average molecular weight is 725 g/mol. The zero-order valence-corrected chi connectivity index (χ0v) is 30.2. The Bertz CT molecular complexity index is 1900. The molecule has 10 nitrogen and oxygen atoms in total. The molecule has 0 amide bonds. The maximum Gasteiger partial charge on any atom is 0.320 e. The maximum atomic E-state index is 12.1. The minimum absolute atomic E-state index is 0.156. The number of rotatable bonds is 15. The number of benzene rings is 3. The summed E-state index contributed by atoms with van der Waals surface area (Å²) in [6.07, 6.45) is 7.02. The third-order valence-corrected chi connectivity index (χ3v) is 10.1. The first-order valence-corrected chi connectivity index (χ1v) is 18.3. The fourth-order valence-corrected chi connectivity index (χ4v) is 7.24. The first-order chi connectivity index (χ1) is 25.3. The lowest BCUT2D eigenvalue weighted by Gasteiger charge is -2.33. The fraction of sp³-hybridized carbons (Fsp3) is 0.390. The van der Waals surface area contributed by atoms with Crippen molar-refractivity contribution < 1.29 is 29.2 Å². The number of carboxylic acid groups (broad SMARTS) is 1. The molecule has 2 aliphatic rings. The maximum absolute atomic E-state index is 12.1. The monoisotopic (exact) mass is 724 g/mol. The average Bonchev–Trinajstić information content (AvgIpc) is 3.58. The molecule has 11 heteroatoms. The SMILES string of the molecule is Cc1c(COc2cc(OCc3cncc(C#N)c3)c(CN3CCCCC3C(=O)O)cc2Cl)cccc1-c1ccccc1OCCCN1CCC(O)C1. The molecule has 0 saturated carbocycles. The van der Waals surface area contributed by atoms with Gasteiger partial charge >= 0.3 is 5.97 Å². The number of likely N-dealkylation sites (tertiary alicyclic amines) is 2. The van der Waals surface area contributed by atoms with Gasteiger partial charge in [0.25, 0.3) is 0 Å². The molecule has 2 fully saturated rings. The molecule has 4 aromatic rings. The molecule has 52 heavy (non-hydrogen) atoms. The Kier molecular flexibility index (Phi) is 12.6. The molecule has 0 aliphatic carbocycles. The highest BCUT2D eigenvalue weighted by molar-refractivity contribution is 6.32. The molecule has 2 saturated heterocycles. The van der Waals surface area contributed by atoms with Gasteiger partial charge in [0.15, 0.2) is 0 Å². The predicted octanol–water partition coefficient (Wildman–Crippen LogP) is 7.01. The van der Waals surface area contributed by atoms with Crippen LogP contribution < -0.4 is 14.2 Å². The lowest BCUT2D eigenvalue weighted by molar-refractivity contribution is -0.144. The third kappa shape index (κ3) is 9.41. The van der Waals surface area contributed by atoms with Crippen molar-refractivity contribution in [1.29, 1.82) is 5.26 Å². The van der Waals surface area contributed by atoms with Crippen molar-refractivity contribution in [3.63, 3.8) is 0 Å². The molecule has 2 atom stereocenters. The number of aliphatic hydroxyl groups excluding tert-OH is 1. The Morgan fingerprint density at radius 2 is 1.77 bits per heavy atom. The zero-order valence-electron chi connectivity index (χ0n) is 29.5. The number of aliphatic carboxylic acids is 1. The van der Waals surface area contributed by atoms with Crippen molar-refractivity contribution in [3.05, 3.63) is 106 Å². The summed E-state index contributed by atoms with van der Waals surface area (Å²) in [6.45, 7) is 6.64. The lowest BCUT2D eigenvalue weighted by Crippen LogP contribution is -2.44. The Balaban J connectivity index is 1.19. The second kappa shape index (κ2) is 17.7. The number of nitrogens with zero attached hydrogens (tertiary/aromatic N) is 4. The van der Waals surface area contributed by atoms with Crippen LogP contribution in [0.15, 0.2) is 73.1 Å². The predicted molar refractivity (Wildman–Crippen MR) is 199 cm³/mol. The number of hydrogen-bond donors (Lipinski definition) is 2. The van der Waals surface area contributed by atoms with Crippen molar-refractivity contribution >= 4 is 17.6 Å². The summed E-state index contributed by atoms with van der Waals surface area (Å²) in [5.74, 6) is 0.948. The normalized spacial score (nSPS) is 17.8. The van der Waals surface area contributed by atoms with Crippen molar-refractivity contribution in [2.45, 2.75) is 70.9 Å². The van der Waals surface area contributed by atoms with E-state index < -0.39 is 12.0 Å². The molecule has 272 valence electrons. The smallest absolute Gasteiger partial charge is 0.320 e. The molecule has 6 rings (SSSR count). The first kappa shape index (κ1) is 37.1. The van der Waals surface area contributed by atoms with E-state index in [2.05, 4.69) is 35.0 Å². The first-order valence-electron chi connectivity index (χ1n) is 17.9. The standard InChI is InChI=1S/C41H45ClN4O6/c1-28-31(8-6-10-34(28)35-9-2-3-12-38(35)50-17-7-14-45-16-13-33(47)25-45)27-52-40-20-39(51-26-30-18-29(21-43)22-44-23-30)32(19-36(40)42)24-46-15-5-4-11-37(46)41(48)49/h2-3,6,8-10,12,18-20,22-23,33,37,47H,4-5,7,11,13-17,24-27H2,1H3,(H,48,49). The summed E-state index contributed by atoms with van der Waals surface area (Å²) in [6, 6.07) is 21.0. The number of aromatic nitrogens is 1. The molecule has 0 spiro atoms. The molecule has 0 bridgehead atoms. The molecular weight excluding hydrogens is 680 g/mol. The molecule has 0 radical (unpaired) electrons. The van der Waals surface area contributed by atoms with Gasteiger partial charge in [0.1, 0.15) is 42.6 Å². The number of para-hydroxylation sites is 1. The van der Waals surface area contributed by atoms with Crippen molar-refractivity contribution in [2.24, 2.45) is 0 Å². The van der Waals surface area contributed by atoms with Gasteiger partial charge in [-0.1, -0.05) is 54.4 Å². The van der Waals surface area contributed by atoms with Gasteiger partial charge in [-0.15, -0.1) is 0 Å². The van der Waals surface area contributed by atoms with Crippen molar-refractivity contribution in [1.82, 2.24) is 14.8 Å². The van der Waals surface area contributed by atoms with E-state index >= 15 is 0 Å². The van der Waals surface area contributed by atoms with Crippen LogP contribution in [-0.4, -0.2) is 75.9 Å². The molecular formula is C41H45ClN4O6. The van der Waals surface area contributed by atoms with E-state index in [1.165, 1.54) is 6.20 Å². The van der Waals surface area contributed by atoms with Gasteiger partial charge in [0.05, 0.1) is 23.3 Å². The number of halogens is 1. The summed E-state index contributed by atoms with van der Waals surface area (Å²) in [7, 11) is 0. The van der Waals surface area contributed by atoms with Gasteiger partial charge < -0.3 is 29.3 Å². The van der Waals surface area contributed by atoms with Gasteiger partial charge in [-0.25, -0.2) is 0 Å². The molecule has 3 aromatic carbocycles. The van der Waals surface area contributed by atoms with Gasteiger partial charge in [0, 0.05) is 61.3 Å². The number of pyridine rings is 1. The fourth-order valence-electron chi connectivity index (χ4n) is 7.00. The van der Waals surface area contributed by atoms with Crippen LogP contribution in [-0.2, 0) is 24.6 Å². The molecule has 1 aromatic heterocycles. The highest BCUT2D eigenvalue weighted by Gasteiger charge is 2.29. The minimum Gasteiger partial charge on any atom is -0.493 e. The van der Waals surface area contributed by atoms with E-state index in [4.69, 9.17) is 25.8 Å². The van der Waals surface area contributed by atoms with E-state index in [0.29, 0.717) is 48.2 Å². The summed E-state index contributed by atoms with van der Waals surface area (Å²) >= 11 is 6.84. The third-order valence-electron chi connectivity index (χ3n) is 9.84. The number of carbonyl (C=O) groups is 1. The Morgan fingerprint density at radius 3 is 2.58 bits per heavy atom. The highest BCUT2D eigenvalue weighted by Crippen LogP contribution is 2.37. The van der Waals surface area contributed by atoms with Crippen LogP contribution in [0.4, 0.5) is 0 Å². The van der Waals surface area contributed by atoms with Gasteiger partial charge in [0.2, 0.25) is 0 Å².